The van der Waals surface area contributed by atoms with Gasteiger partial charge < -0.3 is 5.32 Å². The first-order valence-electron chi connectivity index (χ1n) is 6.62. The lowest BCUT2D eigenvalue weighted by atomic mass is 10.0. The first-order valence-corrected chi connectivity index (χ1v) is 6.62. The van der Waals surface area contributed by atoms with E-state index in [1.807, 2.05) is 13.1 Å². The Balaban J connectivity index is 1.79. The minimum atomic E-state index is -0.269. The summed E-state index contributed by atoms with van der Waals surface area (Å²) in [5.74, 6) is 0.826. The van der Waals surface area contributed by atoms with Crippen LogP contribution >= 0.6 is 0 Å². The molecular weight excluding hydrogens is 239 g/mol. The molecule has 0 bridgehead atoms. The number of aromatic nitrogens is 1. The van der Waals surface area contributed by atoms with Crippen molar-refractivity contribution in [2.45, 2.75) is 18.4 Å². The van der Waals surface area contributed by atoms with Gasteiger partial charge in [-0.15, -0.1) is 0 Å². The van der Waals surface area contributed by atoms with E-state index in [4.69, 9.17) is 0 Å². The molecule has 1 heterocycles. The summed E-state index contributed by atoms with van der Waals surface area (Å²) in [6, 6.07) is 12.3. The molecule has 0 radical (unpaired) electrons. The molecule has 0 aliphatic heterocycles. The second kappa shape index (κ2) is 5.10. The Morgan fingerprint density at radius 3 is 2.74 bits per heavy atom. The van der Waals surface area contributed by atoms with Crippen LogP contribution in [0.1, 0.15) is 29.5 Å². The third kappa shape index (κ3) is 2.51. The third-order valence-corrected chi connectivity index (χ3v) is 3.89. The number of benzene rings is 1. The molecule has 1 aromatic carbocycles. The van der Waals surface area contributed by atoms with Crippen molar-refractivity contribution in [3.8, 4) is 0 Å². The molecule has 3 rings (SSSR count). The van der Waals surface area contributed by atoms with Crippen molar-refractivity contribution in [2.75, 3.05) is 7.05 Å². The summed E-state index contributed by atoms with van der Waals surface area (Å²) >= 11 is 0. The molecule has 2 aromatic rings. The standard InChI is InChI=1S/C16H17FN2/c1-18-16(12-7-13(17)10-19-9-12)15-8-14(15)11-5-3-2-4-6-11/h2-7,9-10,14-16,18H,8H2,1H3. The fourth-order valence-corrected chi connectivity index (χ4v) is 2.89. The number of hydrogen-bond donors (Lipinski definition) is 1. The Labute approximate surface area is 112 Å². The first kappa shape index (κ1) is 12.3. The van der Waals surface area contributed by atoms with E-state index in [2.05, 4.69) is 34.6 Å². The molecule has 19 heavy (non-hydrogen) atoms. The van der Waals surface area contributed by atoms with Gasteiger partial charge in [0.25, 0.3) is 0 Å². The topological polar surface area (TPSA) is 24.9 Å². The molecule has 3 unspecified atom stereocenters. The Kier molecular flexibility index (Phi) is 3.30. The van der Waals surface area contributed by atoms with Gasteiger partial charge in [0.2, 0.25) is 0 Å². The first-order chi connectivity index (χ1) is 9.29. The minimum absolute atomic E-state index is 0.174. The van der Waals surface area contributed by atoms with Gasteiger partial charge in [-0.05, 0) is 42.5 Å². The summed E-state index contributed by atoms with van der Waals surface area (Å²) in [6.07, 6.45) is 4.15. The van der Waals surface area contributed by atoms with Crippen LogP contribution in [0.2, 0.25) is 0 Å². The fraction of sp³-hybridized carbons (Fsp3) is 0.312. The Morgan fingerprint density at radius 1 is 1.26 bits per heavy atom. The predicted molar refractivity (Wildman–Crippen MR) is 73.3 cm³/mol. The van der Waals surface area contributed by atoms with E-state index >= 15 is 0 Å². The number of rotatable bonds is 4. The average Bonchev–Trinajstić information content (AvgIpc) is 3.21. The van der Waals surface area contributed by atoms with Crippen molar-refractivity contribution < 1.29 is 4.39 Å². The number of nitrogens with one attached hydrogen (secondary N) is 1. The van der Waals surface area contributed by atoms with Crippen LogP contribution in [0, 0.1) is 11.7 Å². The molecule has 0 saturated heterocycles. The number of hydrogen-bond acceptors (Lipinski definition) is 2. The SMILES string of the molecule is CNC(c1cncc(F)c1)C1CC1c1ccccc1. The van der Waals surface area contributed by atoms with Gasteiger partial charge in [0.15, 0.2) is 0 Å². The van der Waals surface area contributed by atoms with Gasteiger partial charge in [0.05, 0.1) is 6.20 Å². The monoisotopic (exact) mass is 256 g/mol. The highest BCUT2D eigenvalue weighted by molar-refractivity contribution is 5.29. The van der Waals surface area contributed by atoms with Gasteiger partial charge >= 0.3 is 0 Å². The molecular formula is C16H17FN2. The van der Waals surface area contributed by atoms with Crippen molar-refractivity contribution in [3.05, 3.63) is 65.7 Å². The van der Waals surface area contributed by atoms with Crippen LogP contribution in [0.3, 0.4) is 0 Å². The molecule has 3 heteroatoms. The second-order valence-electron chi connectivity index (χ2n) is 5.12. The highest BCUT2D eigenvalue weighted by Crippen LogP contribution is 2.53. The minimum Gasteiger partial charge on any atom is -0.313 e. The molecule has 1 aliphatic carbocycles. The van der Waals surface area contributed by atoms with Crippen LogP contribution in [0.15, 0.2) is 48.8 Å². The largest absolute Gasteiger partial charge is 0.313 e. The third-order valence-electron chi connectivity index (χ3n) is 3.89. The van der Waals surface area contributed by atoms with Gasteiger partial charge in [-0.25, -0.2) is 4.39 Å². The van der Waals surface area contributed by atoms with Crippen LogP contribution in [0.25, 0.3) is 0 Å². The summed E-state index contributed by atoms with van der Waals surface area (Å²) in [6.45, 7) is 0. The van der Waals surface area contributed by atoms with Crippen molar-refractivity contribution in [3.63, 3.8) is 0 Å². The Morgan fingerprint density at radius 2 is 2.05 bits per heavy atom. The van der Waals surface area contributed by atoms with Gasteiger partial charge in [-0.2, -0.15) is 0 Å². The number of halogens is 1. The molecule has 3 atom stereocenters. The van der Waals surface area contributed by atoms with Gasteiger partial charge in [0.1, 0.15) is 5.82 Å². The summed E-state index contributed by atoms with van der Waals surface area (Å²) in [7, 11) is 1.93. The smallest absolute Gasteiger partial charge is 0.141 e. The van der Waals surface area contributed by atoms with Crippen LogP contribution in [0.4, 0.5) is 4.39 Å². The van der Waals surface area contributed by atoms with E-state index in [1.165, 1.54) is 11.8 Å². The van der Waals surface area contributed by atoms with E-state index < -0.39 is 0 Å². The van der Waals surface area contributed by atoms with Crippen molar-refractivity contribution in [1.82, 2.24) is 10.3 Å². The van der Waals surface area contributed by atoms with E-state index in [0.717, 1.165) is 12.0 Å². The van der Waals surface area contributed by atoms with Gasteiger partial charge in [-0.3, -0.25) is 4.98 Å². The van der Waals surface area contributed by atoms with E-state index in [1.54, 1.807) is 12.3 Å². The lowest BCUT2D eigenvalue weighted by Gasteiger charge is -2.16. The van der Waals surface area contributed by atoms with Gasteiger partial charge in [-0.1, -0.05) is 30.3 Å². The summed E-state index contributed by atoms with van der Waals surface area (Å²) < 4.78 is 13.3. The van der Waals surface area contributed by atoms with Crippen molar-refractivity contribution in [2.24, 2.45) is 5.92 Å². The van der Waals surface area contributed by atoms with Crippen LogP contribution in [-0.2, 0) is 0 Å². The quantitative estimate of drug-likeness (QED) is 0.908. The van der Waals surface area contributed by atoms with Crippen LogP contribution in [0.5, 0.6) is 0 Å². The van der Waals surface area contributed by atoms with E-state index in [-0.39, 0.29) is 11.9 Å². The molecule has 1 fully saturated rings. The normalized spacial score (nSPS) is 23.1. The summed E-state index contributed by atoms with van der Waals surface area (Å²) in [4.78, 5) is 3.95. The molecule has 1 aromatic heterocycles. The number of nitrogens with zero attached hydrogens (tertiary/aromatic N) is 1. The van der Waals surface area contributed by atoms with Crippen molar-refractivity contribution in [1.29, 1.82) is 0 Å². The maximum Gasteiger partial charge on any atom is 0.141 e. The predicted octanol–water partition coefficient (Wildman–Crippen LogP) is 3.28. The molecule has 2 nitrogen and oxygen atoms in total. The fourth-order valence-electron chi connectivity index (χ4n) is 2.89. The average molecular weight is 256 g/mol. The maximum atomic E-state index is 13.3. The zero-order valence-electron chi connectivity index (χ0n) is 10.9. The maximum absolute atomic E-state index is 13.3. The van der Waals surface area contributed by atoms with Crippen molar-refractivity contribution >= 4 is 0 Å². The van der Waals surface area contributed by atoms with Crippen LogP contribution in [-0.4, -0.2) is 12.0 Å². The Hall–Kier alpha value is -1.74. The molecule has 1 aliphatic rings. The summed E-state index contributed by atoms with van der Waals surface area (Å²) in [5, 5.41) is 3.30. The molecule has 1 saturated carbocycles. The molecule has 1 N–H and O–H groups in total. The molecule has 0 amide bonds. The lowest BCUT2D eigenvalue weighted by Crippen LogP contribution is -2.19. The van der Waals surface area contributed by atoms with E-state index in [9.17, 15) is 4.39 Å². The van der Waals surface area contributed by atoms with E-state index in [0.29, 0.717) is 11.8 Å². The summed E-state index contributed by atoms with van der Waals surface area (Å²) in [5.41, 5.74) is 2.31. The lowest BCUT2D eigenvalue weighted by molar-refractivity contribution is 0.510. The zero-order chi connectivity index (χ0) is 13.2. The molecule has 0 spiro atoms. The zero-order valence-corrected chi connectivity index (χ0v) is 10.9. The highest BCUT2D eigenvalue weighted by Gasteiger charge is 2.43. The Bertz CT molecular complexity index is 556. The second-order valence-corrected chi connectivity index (χ2v) is 5.12. The molecule has 98 valence electrons. The van der Waals surface area contributed by atoms with Crippen LogP contribution < -0.4 is 5.32 Å². The van der Waals surface area contributed by atoms with Gasteiger partial charge in [0, 0.05) is 12.2 Å². The number of pyridine rings is 1. The highest BCUT2D eigenvalue weighted by atomic mass is 19.1.